The van der Waals surface area contributed by atoms with Crippen molar-refractivity contribution in [1.82, 2.24) is 4.90 Å². The van der Waals surface area contributed by atoms with Crippen molar-refractivity contribution in [1.29, 1.82) is 5.26 Å². The molecular weight excluding hydrogens is 366 g/mol. The molecule has 0 spiro atoms. The smallest absolute Gasteiger partial charge is 0.254 e. The summed E-state index contributed by atoms with van der Waals surface area (Å²) in [6.45, 7) is 5.04. The van der Waals surface area contributed by atoms with Crippen LogP contribution in [0.15, 0.2) is 48.5 Å². The lowest BCUT2D eigenvalue weighted by Crippen LogP contribution is -2.33. The van der Waals surface area contributed by atoms with Gasteiger partial charge in [0.1, 0.15) is 6.10 Å². The van der Waals surface area contributed by atoms with Gasteiger partial charge >= 0.3 is 0 Å². The average molecular weight is 391 g/mol. The van der Waals surface area contributed by atoms with Gasteiger partial charge in [-0.1, -0.05) is 18.2 Å². The van der Waals surface area contributed by atoms with Crippen LogP contribution < -0.4 is 5.32 Å². The summed E-state index contributed by atoms with van der Waals surface area (Å²) in [5, 5.41) is 11.8. The quantitative estimate of drug-likeness (QED) is 0.810. The molecule has 1 aliphatic heterocycles. The van der Waals surface area contributed by atoms with Crippen molar-refractivity contribution in [3.05, 3.63) is 65.2 Å². The van der Waals surface area contributed by atoms with Crippen LogP contribution in [0.2, 0.25) is 0 Å². The Morgan fingerprint density at radius 2 is 2.03 bits per heavy atom. The Kier molecular flexibility index (Phi) is 6.63. The zero-order chi connectivity index (χ0) is 20.8. The summed E-state index contributed by atoms with van der Waals surface area (Å²) >= 11 is 0. The topological polar surface area (TPSA) is 82.4 Å². The van der Waals surface area contributed by atoms with Crippen molar-refractivity contribution >= 4 is 17.5 Å². The maximum atomic E-state index is 13.1. The van der Waals surface area contributed by atoms with Crippen LogP contribution in [0.4, 0.5) is 5.69 Å². The Hall–Kier alpha value is -3.17. The van der Waals surface area contributed by atoms with Gasteiger partial charge in [0.15, 0.2) is 0 Å². The number of benzene rings is 2. The molecule has 2 unspecified atom stereocenters. The molecule has 1 aliphatic rings. The number of nitrogens with zero attached hydrogens (tertiary/aromatic N) is 2. The third-order valence-electron chi connectivity index (χ3n) is 5.19. The van der Waals surface area contributed by atoms with Gasteiger partial charge < -0.3 is 15.0 Å². The highest BCUT2D eigenvalue weighted by Crippen LogP contribution is 2.24. The predicted molar refractivity (Wildman–Crippen MR) is 110 cm³/mol. The molecule has 2 aromatic carbocycles. The average Bonchev–Trinajstić information content (AvgIpc) is 3.29. The zero-order valence-corrected chi connectivity index (χ0v) is 16.7. The molecule has 0 radical (unpaired) electrons. The molecule has 3 rings (SSSR count). The third-order valence-corrected chi connectivity index (χ3v) is 5.19. The minimum absolute atomic E-state index is 0.113. The van der Waals surface area contributed by atoms with Gasteiger partial charge in [0.2, 0.25) is 0 Å². The number of amides is 2. The zero-order valence-electron chi connectivity index (χ0n) is 16.7. The maximum absolute atomic E-state index is 13.1. The second-order valence-corrected chi connectivity index (χ2v) is 7.07. The molecule has 1 N–H and O–H groups in total. The van der Waals surface area contributed by atoms with Gasteiger partial charge in [-0.15, -0.1) is 0 Å². The van der Waals surface area contributed by atoms with E-state index in [2.05, 4.69) is 11.4 Å². The van der Waals surface area contributed by atoms with Gasteiger partial charge in [-0.2, -0.15) is 5.26 Å². The lowest BCUT2D eigenvalue weighted by molar-refractivity contribution is -0.124. The first-order valence-corrected chi connectivity index (χ1v) is 9.87. The number of ether oxygens (including phenoxy) is 1. The molecule has 0 saturated carbocycles. The van der Waals surface area contributed by atoms with E-state index in [0.29, 0.717) is 30.0 Å². The molecule has 0 bridgehead atoms. The molecule has 1 fully saturated rings. The van der Waals surface area contributed by atoms with Crippen LogP contribution >= 0.6 is 0 Å². The van der Waals surface area contributed by atoms with Crippen LogP contribution in [0.3, 0.4) is 0 Å². The molecule has 2 aromatic rings. The van der Waals surface area contributed by atoms with Crippen molar-refractivity contribution in [3.63, 3.8) is 0 Å². The van der Waals surface area contributed by atoms with E-state index in [1.807, 2.05) is 26.0 Å². The Bertz CT molecular complexity index is 912. The summed E-state index contributed by atoms with van der Waals surface area (Å²) in [6.07, 6.45) is 1.18. The van der Waals surface area contributed by atoms with Crippen molar-refractivity contribution in [2.24, 2.45) is 0 Å². The molecule has 0 aromatic heterocycles. The van der Waals surface area contributed by atoms with Gasteiger partial charge in [0, 0.05) is 24.4 Å². The van der Waals surface area contributed by atoms with Crippen LogP contribution in [-0.2, 0) is 9.53 Å². The lowest BCUT2D eigenvalue weighted by Gasteiger charge is -2.28. The van der Waals surface area contributed by atoms with Gasteiger partial charge in [-0.05, 0) is 62.6 Å². The summed E-state index contributed by atoms with van der Waals surface area (Å²) in [7, 11) is 0. The SMILES string of the molecule is CCN(C(=O)c1cccc(NC(=O)C2CCCO2)c1)C(C)c1ccc(C#N)cc1. The highest BCUT2D eigenvalue weighted by Gasteiger charge is 2.25. The highest BCUT2D eigenvalue weighted by atomic mass is 16.5. The van der Waals surface area contributed by atoms with Crippen LogP contribution in [0, 0.1) is 11.3 Å². The fourth-order valence-corrected chi connectivity index (χ4v) is 3.51. The van der Waals surface area contributed by atoms with Crippen LogP contribution in [0.25, 0.3) is 0 Å². The molecule has 150 valence electrons. The van der Waals surface area contributed by atoms with Crippen molar-refractivity contribution < 1.29 is 14.3 Å². The highest BCUT2D eigenvalue weighted by molar-refractivity contribution is 5.98. The summed E-state index contributed by atoms with van der Waals surface area (Å²) in [4.78, 5) is 27.2. The Labute approximate surface area is 171 Å². The van der Waals surface area contributed by atoms with Crippen LogP contribution in [-0.4, -0.2) is 36.0 Å². The second-order valence-electron chi connectivity index (χ2n) is 7.07. The fourth-order valence-electron chi connectivity index (χ4n) is 3.51. The van der Waals surface area contributed by atoms with Crippen LogP contribution in [0.1, 0.15) is 54.2 Å². The lowest BCUT2D eigenvalue weighted by atomic mass is 10.0. The van der Waals surface area contributed by atoms with E-state index in [0.717, 1.165) is 18.4 Å². The van der Waals surface area contributed by atoms with Crippen molar-refractivity contribution in [2.45, 2.75) is 38.8 Å². The molecule has 6 nitrogen and oxygen atoms in total. The molecular formula is C23H25N3O3. The number of carbonyl (C=O) groups excluding carboxylic acids is 2. The number of nitriles is 1. The Morgan fingerprint density at radius 3 is 2.66 bits per heavy atom. The first kappa shape index (κ1) is 20.6. The molecule has 6 heteroatoms. The normalized spacial score (nSPS) is 16.7. The monoisotopic (exact) mass is 391 g/mol. The number of nitrogens with one attached hydrogen (secondary N) is 1. The fraction of sp³-hybridized carbons (Fsp3) is 0.348. The number of anilines is 1. The molecule has 1 saturated heterocycles. The van der Waals surface area contributed by atoms with E-state index in [9.17, 15) is 9.59 Å². The van der Waals surface area contributed by atoms with E-state index in [1.54, 1.807) is 41.3 Å². The predicted octanol–water partition coefficient (Wildman–Crippen LogP) is 3.90. The molecule has 2 amide bonds. The number of carbonyl (C=O) groups is 2. The second kappa shape index (κ2) is 9.35. The van der Waals surface area contributed by atoms with E-state index in [-0.39, 0.29) is 17.9 Å². The standard InChI is InChI=1S/C23H25N3O3/c1-3-26(16(2)18-11-9-17(15-24)10-12-18)23(28)19-6-4-7-20(14-19)25-22(27)21-8-5-13-29-21/h4,6-7,9-12,14,16,21H,3,5,8,13H2,1-2H3,(H,25,27). The summed E-state index contributed by atoms with van der Waals surface area (Å²) in [5.41, 5.74) is 2.64. The van der Waals surface area contributed by atoms with Gasteiger partial charge in [-0.3, -0.25) is 9.59 Å². The summed E-state index contributed by atoms with van der Waals surface area (Å²) in [5.74, 6) is -0.289. The van der Waals surface area contributed by atoms with E-state index in [4.69, 9.17) is 10.00 Å². The minimum atomic E-state index is -0.419. The molecule has 1 heterocycles. The first-order chi connectivity index (χ1) is 14.0. The van der Waals surface area contributed by atoms with E-state index in [1.165, 1.54) is 0 Å². The van der Waals surface area contributed by atoms with Crippen molar-refractivity contribution in [3.8, 4) is 6.07 Å². The molecule has 29 heavy (non-hydrogen) atoms. The molecule has 2 atom stereocenters. The van der Waals surface area contributed by atoms with Gasteiger partial charge in [0.25, 0.3) is 11.8 Å². The van der Waals surface area contributed by atoms with Gasteiger partial charge in [0.05, 0.1) is 17.7 Å². The first-order valence-electron chi connectivity index (χ1n) is 9.87. The number of hydrogen-bond donors (Lipinski definition) is 1. The third kappa shape index (κ3) is 4.82. The van der Waals surface area contributed by atoms with E-state index < -0.39 is 6.10 Å². The Morgan fingerprint density at radius 1 is 1.28 bits per heavy atom. The Balaban J connectivity index is 1.74. The summed E-state index contributed by atoms with van der Waals surface area (Å²) < 4.78 is 5.41. The van der Waals surface area contributed by atoms with E-state index >= 15 is 0 Å². The van der Waals surface area contributed by atoms with Gasteiger partial charge in [-0.25, -0.2) is 0 Å². The molecule has 0 aliphatic carbocycles. The van der Waals surface area contributed by atoms with Crippen molar-refractivity contribution in [2.75, 3.05) is 18.5 Å². The maximum Gasteiger partial charge on any atom is 0.254 e. The number of rotatable bonds is 6. The minimum Gasteiger partial charge on any atom is -0.368 e. The largest absolute Gasteiger partial charge is 0.368 e. The summed E-state index contributed by atoms with van der Waals surface area (Å²) in [6, 6.07) is 16.2. The van der Waals surface area contributed by atoms with Crippen LogP contribution in [0.5, 0.6) is 0 Å². The number of hydrogen-bond acceptors (Lipinski definition) is 4.